The summed E-state index contributed by atoms with van der Waals surface area (Å²) in [6, 6.07) is -0.741. The molecule has 0 aliphatic rings. The first kappa shape index (κ1) is 13.8. The zero-order valence-electron chi connectivity index (χ0n) is 10.1. The molecule has 0 aromatic carbocycles. The van der Waals surface area contributed by atoms with E-state index in [1.807, 2.05) is 0 Å². The molecule has 0 heterocycles. The van der Waals surface area contributed by atoms with Crippen molar-refractivity contribution < 1.29 is 19.2 Å². The number of hydrogen-bond acceptors (Lipinski definition) is 2. The lowest BCUT2D eigenvalue weighted by atomic mass is 9.92. The number of carboxylic acids is 1. The second-order valence-corrected chi connectivity index (χ2v) is 4.83. The quantitative estimate of drug-likeness (QED) is 0.547. The smallest absolute Gasteiger partial charge is 0.363 e. The molecule has 86 valence electrons. The van der Waals surface area contributed by atoms with Crippen LogP contribution in [0.3, 0.4) is 0 Å². The van der Waals surface area contributed by atoms with Gasteiger partial charge in [-0.15, -0.1) is 0 Å². The first-order valence-electron chi connectivity index (χ1n) is 4.82. The number of allylic oxidation sites excluding steroid dienone is 1. The molecule has 0 saturated heterocycles. The van der Waals surface area contributed by atoms with Crippen molar-refractivity contribution in [3.05, 3.63) is 12.2 Å². The number of carboxylic acid groups (broad SMARTS) is 1. The highest BCUT2D eigenvalue weighted by Gasteiger charge is 2.40. The summed E-state index contributed by atoms with van der Waals surface area (Å²) in [6.45, 7) is 6.79. The molecule has 0 aliphatic heterocycles. The molecule has 2 unspecified atom stereocenters. The van der Waals surface area contributed by atoms with Crippen molar-refractivity contribution in [2.75, 3.05) is 21.1 Å². The van der Waals surface area contributed by atoms with Crippen molar-refractivity contribution in [1.82, 2.24) is 0 Å². The number of ketones is 1. The predicted molar refractivity (Wildman–Crippen MR) is 58.4 cm³/mol. The molecule has 0 radical (unpaired) electrons. The fourth-order valence-corrected chi connectivity index (χ4v) is 1.75. The average molecular weight is 214 g/mol. The maximum Gasteiger partial charge on any atom is 0.363 e. The van der Waals surface area contributed by atoms with Gasteiger partial charge in [-0.1, -0.05) is 6.58 Å². The Bertz CT molecular complexity index is 289. The zero-order chi connectivity index (χ0) is 12.4. The summed E-state index contributed by atoms with van der Waals surface area (Å²) in [5, 5.41) is 9.11. The van der Waals surface area contributed by atoms with E-state index in [9.17, 15) is 9.59 Å². The molecule has 0 saturated carbocycles. The molecule has 4 nitrogen and oxygen atoms in total. The highest BCUT2D eigenvalue weighted by Crippen LogP contribution is 2.18. The molecular weight excluding hydrogens is 194 g/mol. The van der Waals surface area contributed by atoms with Gasteiger partial charge in [0, 0.05) is 0 Å². The first-order chi connectivity index (χ1) is 6.59. The number of rotatable bonds is 5. The standard InChI is InChI=1S/C11H19NO3/c1-7(2)10(13)8(3)9(11(14)15)12(4,5)6/h8-9H,1H2,2-6H3/p+1. The van der Waals surface area contributed by atoms with E-state index in [-0.39, 0.29) is 10.3 Å². The SMILES string of the molecule is C=C(C)C(=O)C(C)C(C(=O)O)[N+](C)(C)C. The third-order valence-corrected chi connectivity index (χ3v) is 2.40. The maximum absolute atomic E-state index is 11.7. The number of aliphatic carboxylic acids is 1. The number of carbonyl (C=O) groups is 2. The van der Waals surface area contributed by atoms with Gasteiger partial charge >= 0.3 is 5.97 Å². The number of carbonyl (C=O) groups excluding carboxylic acids is 1. The van der Waals surface area contributed by atoms with Crippen molar-refractivity contribution in [2.24, 2.45) is 5.92 Å². The van der Waals surface area contributed by atoms with Crippen LogP contribution in [0.1, 0.15) is 13.8 Å². The lowest BCUT2D eigenvalue weighted by Gasteiger charge is -2.34. The van der Waals surface area contributed by atoms with Gasteiger partial charge in [0.25, 0.3) is 0 Å². The van der Waals surface area contributed by atoms with Crippen LogP contribution in [0, 0.1) is 5.92 Å². The average Bonchev–Trinajstić information content (AvgIpc) is 1.98. The minimum atomic E-state index is -0.954. The normalized spacial score (nSPS) is 15.5. The number of quaternary nitrogens is 1. The topological polar surface area (TPSA) is 54.4 Å². The Kier molecular flexibility index (Phi) is 4.22. The molecule has 1 N–H and O–H groups in total. The van der Waals surface area contributed by atoms with E-state index in [1.165, 1.54) is 0 Å². The fourth-order valence-electron chi connectivity index (χ4n) is 1.75. The van der Waals surface area contributed by atoms with Crippen molar-refractivity contribution >= 4 is 11.8 Å². The van der Waals surface area contributed by atoms with Gasteiger partial charge in [-0.2, -0.15) is 0 Å². The van der Waals surface area contributed by atoms with E-state index in [0.29, 0.717) is 5.57 Å². The lowest BCUT2D eigenvalue weighted by molar-refractivity contribution is -0.889. The number of hydrogen-bond donors (Lipinski definition) is 1. The van der Waals surface area contributed by atoms with Crippen LogP contribution in [-0.4, -0.2) is 48.5 Å². The van der Waals surface area contributed by atoms with Gasteiger partial charge < -0.3 is 9.59 Å². The minimum Gasteiger partial charge on any atom is -0.477 e. The minimum absolute atomic E-state index is 0.185. The molecule has 15 heavy (non-hydrogen) atoms. The van der Waals surface area contributed by atoms with Crippen molar-refractivity contribution in [3.8, 4) is 0 Å². The molecule has 0 fully saturated rings. The van der Waals surface area contributed by atoms with Crippen molar-refractivity contribution in [3.63, 3.8) is 0 Å². The molecule has 0 aromatic heterocycles. The largest absolute Gasteiger partial charge is 0.477 e. The molecule has 0 amide bonds. The first-order valence-corrected chi connectivity index (χ1v) is 4.82. The fraction of sp³-hybridized carbons (Fsp3) is 0.636. The molecule has 2 atom stereocenters. The number of nitrogens with zero attached hydrogens (tertiary/aromatic N) is 1. The summed E-state index contributed by atoms with van der Waals surface area (Å²) in [4.78, 5) is 22.8. The maximum atomic E-state index is 11.7. The number of Topliss-reactive ketones (excluding diaryl/α,β-unsaturated/α-hetero) is 1. The Hall–Kier alpha value is -1.16. The summed E-state index contributed by atoms with van der Waals surface area (Å²) < 4.78 is 0.218. The molecule has 0 spiro atoms. The van der Waals surface area contributed by atoms with Gasteiger partial charge in [-0.05, 0) is 19.4 Å². The molecule has 0 aliphatic carbocycles. The molecule has 4 heteroatoms. The van der Waals surface area contributed by atoms with E-state index in [1.54, 1.807) is 35.0 Å². The number of likely N-dealkylation sites (N-methyl/N-ethyl adjacent to an activating group) is 1. The van der Waals surface area contributed by atoms with Gasteiger partial charge in [0.1, 0.15) is 0 Å². The third-order valence-electron chi connectivity index (χ3n) is 2.40. The van der Waals surface area contributed by atoms with Crippen LogP contribution in [0.25, 0.3) is 0 Å². The van der Waals surface area contributed by atoms with E-state index >= 15 is 0 Å². The van der Waals surface area contributed by atoms with Gasteiger partial charge in [0.05, 0.1) is 27.1 Å². The highest BCUT2D eigenvalue weighted by molar-refractivity contribution is 5.98. The Morgan fingerprint density at radius 1 is 1.27 bits per heavy atom. The summed E-state index contributed by atoms with van der Waals surface area (Å²) in [5.41, 5.74) is 0.405. The Labute approximate surface area is 90.8 Å². The molecule has 0 bridgehead atoms. The molecule has 0 aromatic rings. The monoisotopic (exact) mass is 214 g/mol. The van der Waals surface area contributed by atoms with Gasteiger partial charge in [0.2, 0.25) is 0 Å². The van der Waals surface area contributed by atoms with Crippen LogP contribution in [-0.2, 0) is 9.59 Å². The van der Waals surface area contributed by atoms with Crippen LogP contribution in [0.2, 0.25) is 0 Å². The summed E-state index contributed by atoms with van der Waals surface area (Å²) in [5.74, 6) is -1.69. The van der Waals surface area contributed by atoms with Crippen LogP contribution in [0.5, 0.6) is 0 Å². The summed E-state index contributed by atoms with van der Waals surface area (Å²) in [7, 11) is 5.29. The van der Waals surface area contributed by atoms with E-state index < -0.39 is 17.9 Å². The molecular formula is C11H20NO3+. The van der Waals surface area contributed by atoms with Crippen LogP contribution < -0.4 is 0 Å². The third kappa shape index (κ3) is 3.47. The van der Waals surface area contributed by atoms with Crippen LogP contribution in [0.15, 0.2) is 12.2 Å². The Morgan fingerprint density at radius 3 is 1.87 bits per heavy atom. The zero-order valence-corrected chi connectivity index (χ0v) is 10.1. The van der Waals surface area contributed by atoms with Crippen molar-refractivity contribution in [1.29, 1.82) is 0 Å². The summed E-state index contributed by atoms with van der Waals surface area (Å²) in [6.07, 6.45) is 0. The van der Waals surface area contributed by atoms with Crippen LogP contribution in [0.4, 0.5) is 0 Å². The van der Waals surface area contributed by atoms with Crippen LogP contribution >= 0.6 is 0 Å². The molecule has 0 rings (SSSR count). The van der Waals surface area contributed by atoms with Gasteiger partial charge in [-0.3, -0.25) is 4.79 Å². The van der Waals surface area contributed by atoms with Gasteiger partial charge in [0.15, 0.2) is 11.8 Å². The van der Waals surface area contributed by atoms with Gasteiger partial charge in [-0.25, -0.2) is 4.79 Å². The second kappa shape index (κ2) is 4.57. The predicted octanol–water partition coefficient (Wildman–Crippen LogP) is 0.927. The van der Waals surface area contributed by atoms with E-state index in [2.05, 4.69) is 6.58 Å². The highest BCUT2D eigenvalue weighted by atomic mass is 16.4. The Morgan fingerprint density at radius 2 is 1.67 bits per heavy atom. The lowest BCUT2D eigenvalue weighted by Crippen LogP contribution is -2.55. The Balaban J connectivity index is 5.04. The second-order valence-electron chi connectivity index (χ2n) is 4.83. The summed E-state index contributed by atoms with van der Waals surface area (Å²) >= 11 is 0. The van der Waals surface area contributed by atoms with E-state index in [0.717, 1.165) is 0 Å². The van der Waals surface area contributed by atoms with E-state index in [4.69, 9.17) is 5.11 Å². The van der Waals surface area contributed by atoms with Crippen molar-refractivity contribution in [2.45, 2.75) is 19.9 Å².